The average molecular weight is 277 g/mol. The largest absolute Gasteiger partial charge is 0.507 e. The van der Waals surface area contributed by atoms with E-state index in [2.05, 4.69) is 10.1 Å². The minimum atomic E-state index is -0.520. The van der Waals surface area contributed by atoms with Crippen LogP contribution in [0, 0.1) is 0 Å². The van der Waals surface area contributed by atoms with E-state index in [0.717, 1.165) is 0 Å². The fraction of sp³-hybridized carbons (Fsp3) is 0.0769. The van der Waals surface area contributed by atoms with Gasteiger partial charge in [0.05, 0.1) is 18.2 Å². The minimum absolute atomic E-state index is 0.115. The number of rotatable bonds is 3. The van der Waals surface area contributed by atoms with Crippen molar-refractivity contribution >= 4 is 28.2 Å². The van der Waals surface area contributed by atoms with Crippen LogP contribution in [0.3, 0.4) is 0 Å². The van der Waals surface area contributed by atoms with Crippen LogP contribution in [0.2, 0.25) is 0 Å². The van der Waals surface area contributed by atoms with Crippen molar-refractivity contribution in [3.05, 3.63) is 46.8 Å². The maximum Gasteiger partial charge on any atom is 0.340 e. The number of nitrogens with one attached hydrogen (secondary N) is 1. The van der Waals surface area contributed by atoms with Crippen molar-refractivity contribution in [3.8, 4) is 5.75 Å². The highest BCUT2D eigenvalue weighted by molar-refractivity contribution is 7.14. The first kappa shape index (κ1) is 13.1. The van der Waals surface area contributed by atoms with E-state index in [9.17, 15) is 14.7 Å². The molecule has 0 aliphatic rings. The number of methoxy groups -OCH3 is 1. The standard InChI is InChI=1S/C13H11NO4S/c1-18-13(17)9-6-7-19-12(9)14-11(16)8-4-2-3-5-10(8)15/h2-7,15H,1H3,(H,14,16). The number of esters is 1. The van der Waals surface area contributed by atoms with Crippen LogP contribution in [0.1, 0.15) is 20.7 Å². The third kappa shape index (κ3) is 2.74. The summed E-state index contributed by atoms with van der Waals surface area (Å²) in [6, 6.07) is 7.75. The Morgan fingerprint density at radius 3 is 2.63 bits per heavy atom. The number of hydrogen-bond donors (Lipinski definition) is 2. The lowest BCUT2D eigenvalue weighted by molar-refractivity contribution is 0.0602. The smallest absolute Gasteiger partial charge is 0.340 e. The van der Waals surface area contributed by atoms with E-state index in [4.69, 9.17) is 0 Å². The molecule has 0 unspecified atom stereocenters. The second-order valence-electron chi connectivity index (χ2n) is 3.63. The Balaban J connectivity index is 2.23. The Bertz CT molecular complexity index is 621. The highest BCUT2D eigenvalue weighted by Crippen LogP contribution is 2.25. The molecule has 2 N–H and O–H groups in total. The number of benzene rings is 1. The molecule has 1 heterocycles. The van der Waals surface area contributed by atoms with Crippen LogP contribution in [0.25, 0.3) is 0 Å². The summed E-state index contributed by atoms with van der Waals surface area (Å²) in [5.41, 5.74) is 0.433. The van der Waals surface area contributed by atoms with Crippen molar-refractivity contribution in [1.82, 2.24) is 0 Å². The van der Waals surface area contributed by atoms with Crippen LogP contribution >= 0.6 is 11.3 Å². The lowest BCUT2D eigenvalue weighted by atomic mass is 10.2. The monoisotopic (exact) mass is 277 g/mol. The van der Waals surface area contributed by atoms with E-state index in [1.807, 2.05) is 0 Å². The zero-order valence-electron chi connectivity index (χ0n) is 10.0. The Kier molecular flexibility index (Phi) is 3.82. The van der Waals surface area contributed by atoms with Gasteiger partial charge < -0.3 is 15.2 Å². The third-order valence-electron chi connectivity index (χ3n) is 2.45. The van der Waals surface area contributed by atoms with Crippen LogP contribution in [0.15, 0.2) is 35.7 Å². The zero-order valence-corrected chi connectivity index (χ0v) is 10.9. The minimum Gasteiger partial charge on any atom is -0.507 e. The molecule has 98 valence electrons. The Labute approximate surface area is 113 Å². The van der Waals surface area contributed by atoms with Crippen LogP contribution in [-0.4, -0.2) is 24.1 Å². The molecular formula is C13H11NO4S. The topological polar surface area (TPSA) is 75.6 Å². The van der Waals surface area contributed by atoms with Gasteiger partial charge in [-0.1, -0.05) is 12.1 Å². The fourth-order valence-electron chi connectivity index (χ4n) is 1.51. The molecule has 2 rings (SSSR count). The number of thiophene rings is 1. The number of phenols is 1. The van der Waals surface area contributed by atoms with Gasteiger partial charge in [0.2, 0.25) is 0 Å². The van der Waals surface area contributed by atoms with Crippen molar-refractivity contribution in [2.75, 3.05) is 12.4 Å². The summed E-state index contributed by atoms with van der Waals surface area (Å²) in [7, 11) is 1.27. The van der Waals surface area contributed by atoms with Gasteiger partial charge in [0.15, 0.2) is 0 Å². The lowest BCUT2D eigenvalue weighted by Crippen LogP contribution is -2.13. The Hall–Kier alpha value is -2.34. The normalized spacial score (nSPS) is 9.95. The van der Waals surface area contributed by atoms with Gasteiger partial charge in [-0.3, -0.25) is 4.79 Å². The van der Waals surface area contributed by atoms with E-state index >= 15 is 0 Å². The molecule has 0 atom stereocenters. The van der Waals surface area contributed by atoms with Gasteiger partial charge in [0.25, 0.3) is 5.91 Å². The van der Waals surface area contributed by atoms with Crippen molar-refractivity contribution in [2.45, 2.75) is 0 Å². The van der Waals surface area contributed by atoms with E-state index in [0.29, 0.717) is 5.00 Å². The van der Waals surface area contributed by atoms with E-state index in [1.165, 1.54) is 30.6 Å². The maximum absolute atomic E-state index is 12.0. The Morgan fingerprint density at radius 1 is 1.21 bits per heavy atom. The third-order valence-corrected chi connectivity index (χ3v) is 3.28. The maximum atomic E-state index is 12.0. The Morgan fingerprint density at radius 2 is 1.95 bits per heavy atom. The second-order valence-corrected chi connectivity index (χ2v) is 4.54. The molecular weight excluding hydrogens is 266 g/mol. The molecule has 1 aromatic heterocycles. The molecule has 0 saturated heterocycles. The molecule has 0 radical (unpaired) electrons. The molecule has 5 nitrogen and oxygen atoms in total. The van der Waals surface area contributed by atoms with Gasteiger partial charge in [-0.05, 0) is 23.6 Å². The van der Waals surface area contributed by atoms with Gasteiger partial charge in [0, 0.05) is 0 Å². The van der Waals surface area contributed by atoms with Crippen LogP contribution in [0.5, 0.6) is 5.75 Å². The number of carbonyl (C=O) groups is 2. The molecule has 0 aliphatic carbocycles. The summed E-state index contributed by atoms with van der Waals surface area (Å²) < 4.78 is 4.61. The molecule has 0 aliphatic heterocycles. The molecule has 0 spiro atoms. The first-order chi connectivity index (χ1) is 9.13. The first-order valence-electron chi connectivity index (χ1n) is 5.38. The van der Waals surface area contributed by atoms with E-state index in [-0.39, 0.29) is 16.9 Å². The number of hydrogen-bond acceptors (Lipinski definition) is 5. The van der Waals surface area contributed by atoms with Gasteiger partial charge >= 0.3 is 5.97 Å². The second kappa shape index (κ2) is 5.53. The average Bonchev–Trinajstić information content (AvgIpc) is 2.86. The number of anilines is 1. The van der Waals surface area contributed by atoms with Crippen molar-refractivity contribution in [3.63, 3.8) is 0 Å². The highest BCUT2D eigenvalue weighted by atomic mass is 32.1. The molecule has 19 heavy (non-hydrogen) atoms. The van der Waals surface area contributed by atoms with E-state index in [1.54, 1.807) is 23.6 Å². The quantitative estimate of drug-likeness (QED) is 0.845. The van der Waals surface area contributed by atoms with Crippen molar-refractivity contribution in [2.24, 2.45) is 0 Å². The van der Waals surface area contributed by atoms with Crippen LogP contribution < -0.4 is 5.32 Å². The molecule has 2 aromatic rings. The first-order valence-corrected chi connectivity index (χ1v) is 6.26. The number of carbonyl (C=O) groups excluding carboxylic acids is 2. The van der Waals surface area contributed by atoms with Crippen LogP contribution in [0.4, 0.5) is 5.00 Å². The number of para-hydroxylation sites is 1. The predicted molar refractivity (Wildman–Crippen MR) is 71.7 cm³/mol. The summed E-state index contributed by atoms with van der Waals surface area (Å²) in [5, 5.41) is 14.2. The van der Waals surface area contributed by atoms with Gasteiger partial charge in [-0.15, -0.1) is 11.3 Å². The molecule has 6 heteroatoms. The molecule has 1 aromatic carbocycles. The van der Waals surface area contributed by atoms with Crippen molar-refractivity contribution in [1.29, 1.82) is 0 Å². The predicted octanol–water partition coefficient (Wildman–Crippen LogP) is 2.49. The SMILES string of the molecule is COC(=O)c1ccsc1NC(=O)c1ccccc1O. The number of aromatic hydroxyl groups is 1. The fourth-order valence-corrected chi connectivity index (χ4v) is 2.28. The molecule has 0 fully saturated rings. The summed E-state index contributed by atoms with van der Waals surface area (Å²) in [6.07, 6.45) is 0. The number of phenolic OH excluding ortho intramolecular Hbond substituents is 1. The lowest BCUT2D eigenvalue weighted by Gasteiger charge is -2.06. The van der Waals surface area contributed by atoms with Crippen molar-refractivity contribution < 1.29 is 19.4 Å². The summed E-state index contributed by atoms with van der Waals surface area (Å²) in [5.74, 6) is -1.12. The summed E-state index contributed by atoms with van der Waals surface area (Å²) in [4.78, 5) is 23.4. The van der Waals surface area contributed by atoms with Gasteiger partial charge in [-0.25, -0.2) is 4.79 Å². The van der Waals surface area contributed by atoms with E-state index < -0.39 is 11.9 Å². The molecule has 1 amide bonds. The number of amides is 1. The molecule has 0 saturated carbocycles. The summed E-state index contributed by atoms with van der Waals surface area (Å²) in [6.45, 7) is 0. The van der Waals surface area contributed by atoms with Gasteiger partial charge in [0.1, 0.15) is 10.8 Å². The summed E-state index contributed by atoms with van der Waals surface area (Å²) >= 11 is 1.21. The zero-order chi connectivity index (χ0) is 13.8. The molecule has 0 bridgehead atoms. The van der Waals surface area contributed by atoms with Crippen LogP contribution in [-0.2, 0) is 4.74 Å². The highest BCUT2D eigenvalue weighted by Gasteiger charge is 2.17. The number of ether oxygens (including phenoxy) is 1. The van der Waals surface area contributed by atoms with Gasteiger partial charge in [-0.2, -0.15) is 0 Å².